The molecule has 2 atom stereocenters. The van der Waals surface area contributed by atoms with Crippen molar-refractivity contribution in [1.29, 1.82) is 0 Å². The number of nitrogens with zero attached hydrogens (tertiary/aromatic N) is 2. The average Bonchev–Trinajstić information content (AvgIpc) is 2.89. The molecule has 0 bridgehead atoms. The molecule has 0 radical (unpaired) electrons. The van der Waals surface area contributed by atoms with Crippen LogP contribution in [0.2, 0.25) is 0 Å². The molecule has 0 spiro atoms. The Hall–Kier alpha value is -3.65. The molecule has 0 saturated carbocycles. The van der Waals surface area contributed by atoms with Crippen LogP contribution in [-0.2, 0) is 32.6 Å². The highest BCUT2D eigenvalue weighted by Crippen LogP contribution is 2.27. The summed E-state index contributed by atoms with van der Waals surface area (Å²) in [5.74, 6) is -0.716. The first-order valence-corrected chi connectivity index (χ1v) is 15.5. The Bertz CT molecular complexity index is 1400. The third-order valence-electron chi connectivity index (χ3n) is 7.08. The molecular formula is C32H41N3O4S. The van der Waals surface area contributed by atoms with Crippen molar-refractivity contribution in [2.45, 2.75) is 66.1 Å². The molecule has 214 valence electrons. The summed E-state index contributed by atoms with van der Waals surface area (Å²) in [5, 5.41) is 3.05. The van der Waals surface area contributed by atoms with Gasteiger partial charge in [0, 0.05) is 19.0 Å². The zero-order valence-corrected chi connectivity index (χ0v) is 25.2. The molecule has 0 aliphatic rings. The van der Waals surface area contributed by atoms with E-state index in [9.17, 15) is 18.0 Å². The Labute approximate surface area is 239 Å². The number of benzene rings is 3. The lowest BCUT2D eigenvalue weighted by Gasteiger charge is -2.34. The van der Waals surface area contributed by atoms with Crippen LogP contribution in [0.5, 0.6) is 0 Å². The van der Waals surface area contributed by atoms with Crippen molar-refractivity contribution >= 4 is 27.5 Å². The molecule has 40 heavy (non-hydrogen) atoms. The summed E-state index contributed by atoms with van der Waals surface area (Å²) < 4.78 is 27.3. The summed E-state index contributed by atoms with van der Waals surface area (Å²) in [7, 11) is -3.81. The zero-order chi connectivity index (χ0) is 29.4. The fraction of sp³-hybridized carbons (Fsp3) is 0.375. The Morgan fingerprint density at radius 3 is 2.05 bits per heavy atom. The van der Waals surface area contributed by atoms with Gasteiger partial charge in [-0.1, -0.05) is 85.3 Å². The molecule has 2 amide bonds. The van der Waals surface area contributed by atoms with Crippen molar-refractivity contribution in [3.63, 3.8) is 0 Å². The second-order valence-electron chi connectivity index (χ2n) is 10.5. The maximum absolute atomic E-state index is 14.2. The summed E-state index contributed by atoms with van der Waals surface area (Å²) in [6.07, 6.45) is 2.14. The van der Waals surface area contributed by atoms with E-state index in [0.29, 0.717) is 12.1 Å². The third-order valence-corrected chi connectivity index (χ3v) is 8.19. The molecule has 3 aromatic carbocycles. The number of carbonyl (C=O) groups excluding carboxylic acids is 2. The van der Waals surface area contributed by atoms with Gasteiger partial charge < -0.3 is 10.2 Å². The van der Waals surface area contributed by atoms with Crippen LogP contribution in [0.3, 0.4) is 0 Å². The molecule has 0 aliphatic carbocycles. The highest BCUT2D eigenvalue weighted by Gasteiger charge is 2.34. The molecule has 0 heterocycles. The van der Waals surface area contributed by atoms with Gasteiger partial charge in [0.2, 0.25) is 21.8 Å². The summed E-state index contributed by atoms with van der Waals surface area (Å²) in [4.78, 5) is 29.5. The first-order chi connectivity index (χ1) is 18.9. The summed E-state index contributed by atoms with van der Waals surface area (Å²) >= 11 is 0. The molecule has 3 aromatic rings. The van der Waals surface area contributed by atoms with E-state index in [1.165, 1.54) is 4.90 Å². The first-order valence-electron chi connectivity index (χ1n) is 13.6. The van der Waals surface area contributed by atoms with Crippen molar-refractivity contribution in [1.82, 2.24) is 10.2 Å². The Morgan fingerprint density at radius 2 is 1.48 bits per heavy atom. The fourth-order valence-corrected chi connectivity index (χ4v) is 5.74. The van der Waals surface area contributed by atoms with Gasteiger partial charge in [-0.3, -0.25) is 13.9 Å². The number of rotatable bonds is 12. The second kappa shape index (κ2) is 13.6. The predicted octanol–water partition coefficient (Wildman–Crippen LogP) is 4.93. The van der Waals surface area contributed by atoms with E-state index in [1.807, 2.05) is 107 Å². The van der Waals surface area contributed by atoms with Crippen molar-refractivity contribution in [3.8, 4) is 0 Å². The first kappa shape index (κ1) is 30.9. The molecule has 1 N–H and O–H groups in total. The molecule has 3 rings (SSSR count). The number of anilines is 1. The van der Waals surface area contributed by atoms with Gasteiger partial charge in [0.15, 0.2) is 0 Å². The molecule has 0 aliphatic heterocycles. The van der Waals surface area contributed by atoms with Gasteiger partial charge in [-0.05, 0) is 56.4 Å². The van der Waals surface area contributed by atoms with Gasteiger partial charge in [0.05, 0.1) is 11.9 Å². The predicted molar refractivity (Wildman–Crippen MR) is 162 cm³/mol. The standard InChI is InChI=1S/C32H41N3O4S/c1-7-26(5)33-32(37)29(20-27-16-9-8-10-17-27)34(21-28-18-11-13-23(2)19-28)30(36)22-35(40(6,38)39)31-24(3)14-12-15-25(31)4/h8-19,26,29H,7,20-22H2,1-6H3,(H,33,37). The van der Waals surface area contributed by atoms with Gasteiger partial charge in [0.1, 0.15) is 12.6 Å². The van der Waals surface area contributed by atoms with Crippen LogP contribution in [0.4, 0.5) is 5.69 Å². The van der Waals surface area contributed by atoms with Gasteiger partial charge >= 0.3 is 0 Å². The average molecular weight is 564 g/mol. The SMILES string of the molecule is CCC(C)NC(=O)C(Cc1ccccc1)N(Cc1cccc(C)c1)C(=O)CN(c1c(C)cccc1C)S(C)(=O)=O. The number of hydrogen-bond donors (Lipinski definition) is 1. The number of amides is 2. The number of nitrogens with one attached hydrogen (secondary N) is 1. The second-order valence-corrected chi connectivity index (χ2v) is 12.5. The molecular weight excluding hydrogens is 522 g/mol. The number of sulfonamides is 1. The van der Waals surface area contributed by atoms with E-state index < -0.39 is 28.5 Å². The van der Waals surface area contributed by atoms with Crippen LogP contribution < -0.4 is 9.62 Å². The van der Waals surface area contributed by atoms with E-state index >= 15 is 0 Å². The zero-order valence-electron chi connectivity index (χ0n) is 24.3. The minimum atomic E-state index is -3.81. The molecule has 8 heteroatoms. The largest absolute Gasteiger partial charge is 0.352 e. The number of aryl methyl sites for hydroxylation is 3. The van der Waals surface area contributed by atoms with E-state index in [-0.39, 0.29) is 18.5 Å². The molecule has 2 unspecified atom stereocenters. The van der Waals surface area contributed by atoms with Crippen LogP contribution in [0.25, 0.3) is 0 Å². The van der Waals surface area contributed by atoms with Crippen molar-refractivity contribution < 1.29 is 18.0 Å². The summed E-state index contributed by atoms with van der Waals surface area (Å²) in [6, 6.07) is 21.9. The maximum Gasteiger partial charge on any atom is 0.244 e. The number of carbonyl (C=O) groups is 2. The lowest BCUT2D eigenvalue weighted by molar-refractivity contribution is -0.140. The summed E-state index contributed by atoms with van der Waals surface area (Å²) in [6.45, 7) is 9.28. The monoisotopic (exact) mass is 563 g/mol. The molecule has 7 nitrogen and oxygen atoms in total. The smallest absolute Gasteiger partial charge is 0.244 e. The lowest BCUT2D eigenvalue weighted by atomic mass is 10.0. The van der Waals surface area contributed by atoms with Crippen LogP contribution in [0, 0.1) is 20.8 Å². The summed E-state index contributed by atoms with van der Waals surface area (Å²) in [5.41, 5.74) is 4.78. The van der Waals surface area contributed by atoms with Gasteiger partial charge in [-0.15, -0.1) is 0 Å². The van der Waals surface area contributed by atoms with Crippen LogP contribution >= 0.6 is 0 Å². The van der Waals surface area contributed by atoms with Crippen molar-refractivity contribution in [2.75, 3.05) is 17.1 Å². The minimum absolute atomic E-state index is 0.0798. The highest BCUT2D eigenvalue weighted by molar-refractivity contribution is 7.92. The Morgan fingerprint density at radius 1 is 0.875 bits per heavy atom. The lowest BCUT2D eigenvalue weighted by Crippen LogP contribution is -2.54. The van der Waals surface area contributed by atoms with Crippen LogP contribution in [-0.4, -0.2) is 50.0 Å². The molecule has 0 saturated heterocycles. The van der Waals surface area contributed by atoms with Crippen LogP contribution in [0.15, 0.2) is 72.8 Å². The van der Waals surface area contributed by atoms with Crippen molar-refractivity contribution in [2.24, 2.45) is 0 Å². The van der Waals surface area contributed by atoms with E-state index in [2.05, 4.69) is 5.32 Å². The highest BCUT2D eigenvalue weighted by atomic mass is 32.2. The number of hydrogen-bond acceptors (Lipinski definition) is 4. The fourth-order valence-electron chi connectivity index (χ4n) is 4.78. The van der Waals surface area contributed by atoms with Gasteiger partial charge in [-0.25, -0.2) is 8.42 Å². The quantitative estimate of drug-likeness (QED) is 0.339. The Kier molecular flexibility index (Phi) is 10.5. The van der Waals surface area contributed by atoms with Gasteiger partial charge in [-0.2, -0.15) is 0 Å². The van der Waals surface area contributed by atoms with Crippen molar-refractivity contribution in [3.05, 3.63) is 101 Å². The molecule has 0 fully saturated rings. The minimum Gasteiger partial charge on any atom is -0.352 e. The Balaban J connectivity index is 2.10. The number of para-hydroxylation sites is 1. The maximum atomic E-state index is 14.2. The third kappa shape index (κ3) is 8.18. The normalized spacial score (nSPS) is 12.8. The van der Waals surface area contributed by atoms with Crippen LogP contribution in [0.1, 0.15) is 48.1 Å². The van der Waals surface area contributed by atoms with E-state index in [1.54, 1.807) is 0 Å². The van der Waals surface area contributed by atoms with Gasteiger partial charge in [0.25, 0.3) is 0 Å². The topological polar surface area (TPSA) is 86.8 Å². The van der Waals surface area contributed by atoms with E-state index in [4.69, 9.17) is 0 Å². The molecule has 0 aromatic heterocycles. The van der Waals surface area contributed by atoms with E-state index in [0.717, 1.165) is 44.8 Å².